The number of hydrogen-bond acceptors (Lipinski definition) is 1. The lowest BCUT2D eigenvalue weighted by Gasteiger charge is -2.14. The van der Waals surface area contributed by atoms with Gasteiger partial charge < -0.3 is 5.32 Å². The molecule has 2 nitrogen and oxygen atoms in total. The third-order valence-corrected chi connectivity index (χ3v) is 4.60. The first kappa shape index (κ1) is 15.7. The lowest BCUT2D eigenvalue weighted by molar-refractivity contribution is -0.120. The van der Waals surface area contributed by atoms with Crippen molar-refractivity contribution in [3.8, 4) is 0 Å². The molecule has 0 saturated heterocycles. The van der Waals surface area contributed by atoms with E-state index in [0.29, 0.717) is 6.42 Å². The Morgan fingerprint density at radius 1 is 1.00 bits per heavy atom. The molecule has 3 heteroatoms. The number of unbranched alkanes of at least 4 members (excludes halogenated alkanes) is 4. The Kier molecular flexibility index (Phi) is 8.62. The van der Waals surface area contributed by atoms with Gasteiger partial charge in [-0.05, 0) is 6.42 Å². The van der Waals surface area contributed by atoms with Crippen molar-refractivity contribution in [3.05, 3.63) is 0 Å². The van der Waals surface area contributed by atoms with Gasteiger partial charge in [0.2, 0.25) is 5.91 Å². The van der Waals surface area contributed by atoms with Crippen LogP contribution in [0.2, 0.25) is 25.7 Å². The summed E-state index contributed by atoms with van der Waals surface area (Å²) >= 11 is 0. The van der Waals surface area contributed by atoms with E-state index in [2.05, 4.69) is 25.0 Å². The van der Waals surface area contributed by atoms with Crippen LogP contribution in [0.1, 0.15) is 45.4 Å². The SMILES string of the molecule is CCC(=O)NCCCCCCC[Si](C)(C)C. The van der Waals surface area contributed by atoms with E-state index in [4.69, 9.17) is 0 Å². The van der Waals surface area contributed by atoms with Gasteiger partial charge in [-0.1, -0.05) is 58.3 Å². The van der Waals surface area contributed by atoms with Crippen molar-refractivity contribution in [1.29, 1.82) is 0 Å². The molecule has 0 bridgehead atoms. The predicted octanol–water partition coefficient (Wildman–Crippen LogP) is 3.80. The maximum Gasteiger partial charge on any atom is 0.219 e. The number of carbonyl (C=O) groups is 1. The Morgan fingerprint density at radius 3 is 2.12 bits per heavy atom. The van der Waals surface area contributed by atoms with Crippen LogP contribution in [0.25, 0.3) is 0 Å². The summed E-state index contributed by atoms with van der Waals surface area (Å²) in [5, 5.41) is 2.92. The Bertz CT molecular complexity index is 187. The minimum absolute atomic E-state index is 0.179. The summed E-state index contributed by atoms with van der Waals surface area (Å²) in [6.45, 7) is 10.1. The van der Waals surface area contributed by atoms with Gasteiger partial charge in [-0.25, -0.2) is 0 Å². The summed E-state index contributed by atoms with van der Waals surface area (Å²) in [6.07, 6.45) is 7.10. The van der Waals surface area contributed by atoms with Crippen LogP contribution in [0.15, 0.2) is 0 Å². The largest absolute Gasteiger partial charge is 0.356 e. The molecule has 0 aromatic heterocycles. The molecule has 0 aromatic rings. The molecule has 0 aliphatic rings. The van der Waals surface area contributed by atoms with Gasteiger partial charge in [0.1, 0.15) is 0 Å². The van der Waals surface area contributed by atoms with Crippen LogP contribution in [0.3, 0.4) is 0 Å². The third kappa shape index (κ3) is 11.8. The van der Waals surface area contributed by atoms with Gasteiger partial charge in [0.15, 0.2) is 0 Å². The van der Waals surface area contributed by atoms with Gasteiger partial charge in [-0.3, -0.25) is 4.79 Å². The lowest BCUT2D eigenvalue weighted by Crippen LogP contribution is -2.23. The molecule has 0 spiro atoms. The highest BCUT2D eigenvalue weighted by Crippen LogP contribution is 2.14. The first-order chi connectivity index (χ1) is 7.45. The van der Waals surface area contributed by atoms with Gasteiger partial charge in [0.05, 0.1) is 0 Å². The zero-order chi connectivity index (χ0) is 12.4. The summed E-state index contributed by atoms with van der Waals surface area (Å²) in [4.78, 5) is 11.0. The second-order valence-electron chi connectivity index (χ2n) is 5.78. The number of rotatable bonds is 9. The fraction of sp³-hybridized carbons (Fsp3) is 0.923. The zero-order valence-corrected chi connectivity index (χ0v) is 12.6. The van der Waals surface area contributed by atoms with Crippen molar-refractivity contribution < 1.29 is 4.79 Å². The standard InChI is InChI=1S/C13H29NOSi/c1-5-13(15)14-11-9-7-6-8-10-12-16(2,3)4/h5-12H2,1-4H3,(H,14,15). The highest BCUT2D eigenvalue weighted by Gasteiger charge is 2.11. The Balaban J connectivity index is 3.13. The second-order valence-corrected chi connectivity index (χ2v) is 11.4. The smallest absolute Gasteiger partial charge is 0.219 e. The molecule has 96 valence electrons. The van der Waals surface area contributed by atoms with Crippen LogP contribution in [0.5, 0.6) is 0 Å². The fourth-order valence-electron chi connectivity index (χ4n) is 1.66. The first-order valence-corrected chi connectivity index (χ1v) is 10.4. The minimum atomic E-state index is -0.809. The zero-order valence-electron chi connectivity index (χ0n) is 11.6. The van der Waals surface area contributed by atoms with Crippen molar-refractivity contribution in [3.63, 3.8) is 0 Å². The number of carbonyl (C=O) groups excluding carboxylic acids is 1. The van der Waals surface area contributed by atoms with Crippen LogP contribution in [-0.2, 0) is 4.79 Å². The molecule has 0 heterocycles. The maximum absolute atomic E-state index is 11.0. The highest BCUT2D eigenvalue weighted by molar-refractivity contribution is 6.76. The minimum Gasteiger partial charge on any atom is -0.356 e. The third-order valence-electron chi connectivity index (χ3n) is 2.75. The normalized spacial score (nSPS) is 11.5. The lowest BCUT2D eigenvalue weighted by atomic mass is 10.1. The van der Waals surface area contributed by atoms with Gasteiger partial charge in [-0.15, -0.1) is 0 Å². The van der Waals surface area contributed by atoms with Crippen molar-refractivity contribution in [2.45, 2.75) is 71.1 Å². The van der Waals surface area contributed by atoms with Crippen molar-refractivity contribution >= 4 is 14.0 Å². The van der Waals surface area contributed by atoms with Gasteiger partial charge in [0.25, 0.3) is 0 Å². The highest BCUT2D eigenvalue weighted by atomic mass is 28.3. The molecule has 0 aliphatic carbocycles. The molecule has 0 rings (SSSR count). The van der Waals surface area contributed by atoms with E-state index in [1.165, 1.54) is 31.7 Å². The molecule has 1 N–H and O–H groups in total. The van der Waals surface area contributed by atoms with E-state index in [1.54, 1.807) is 0 Å². The van der Waals surface area contributed by atoms with Crippen molar-refractivity contribution in [2.75, 3.05) is 6.54 Å². The second kappa shape index (κ2) is 8.80. The number of nitrogens with one attached hydrogen (secondary N) is 1. The molecule has 16 heavy (non-hydrogen) atoms. The summed E-state index contributed by atoms with van der Waals surface area (Å²) in [5.74, 6) is 0.179. The molecule has 0 aromatic carbocycles. The Labute approximate surface area is 102 Å². The maximum atomic E-state index is 11.0. The van der Waals surface area contributed by atoms with Crippen LogP contribution in [0, 0.1) is 0 Å². The van der Waals surface area contributed by atoms with E-state index in [9.17, 15) is 4.79 Å². The molecule has 0 radical (unpaired) electrons. The number of amides is 1. The topological polar surface area (TPSA) is 29.1 Å². The molecule has 1 amide bonds. The fourth-order valence-corrected chi connectivity index (χ4v) is 2.97. The molecular weight excluding hydrogens is 214 g/mol. The van der Waals surface area contributed by atoms with E-state index >= 15 is 0 Å². The molecular formula is C13H29NOSi. The summed E-state index contributed by atoms with van der Waals surface area (Å²) < 4.78 is 0. The van der Waals surface area contributed by atoms with Crippen molar-refractivity contribution in [1.82, 2.24) is 5.32 Å². The van der Waals surface area contributed by atoms with E-state index in [0.717, 1.165) is 13.0 Å². The first-order valence-electron chi connectivity index (χ1n) is 6.72. The molecule has 0 fully saturated rings. The van der Waals surface area contributed by atoms with Crippen molar-refractivity contribution in [2.24, 2.45) is 0 Å². The average molecular weight is 243 g/mol. The van der Waals surface area contributed by atoms with Crippen LogP contribution in [0.4, 0.5) is 0 Å². The van der Waals surface area contributed by atoms with Gasteiger partial charge >= 0.3 is 0 Å². The van der Waals surface area contributed by atoms with Crippen LogP contribution in [-0.4, -0.2) is 20.5 Å². The molecule has 0 atom stereocenters. The summed E-state index contributed by atoms with van der Waals surface area (Å²) in [7, 11) is -0.809. The Morgan fingerprint density at radius 2 is 1.56 bits per heavy atom. The van der Waals surface area contributed by atoms with E-state index in [-0.39, 0.29) is 5.91 Å². The monoisotopic (exact) mass is 243 g/mol. The predicted molar refractivity (Wildman–Crippen MR) is 74.5 cm³/mol. The van der Waals surface area contributed by atoms with Crippen LogP contribution < -0.4 is 5.32 Å². The van der Waals surface area contributed by atoms with Gasteiger partial charge in [-0.2, -0.15) is 0 Å². The van der Waals surface area contributed by atoms with E-state index in [1.807, 2.05) is 6.92 Å². The molecule has 0 unspecified atom stereocenters. The average Bonchev–Trinajstić information content (AvgIpc) is 2.20. The molecule has 0 saturated carbocycles. The summed E-state index contributed by atoms with van der Waals surface area (Å²) in [6, 6.07) is 1.46. The quantitative estimate of drug-likeness (QED) is 0.484. The van der Waals surface area contributed by atoms with E-state index < -0.39 is 8.07 Å². The van der Waals surface area contributed by atoms with Gasteiger partial charge in [0, 0.05) is 21.0 Å². The Hall–Kier alpha value is -0.313. The number of hydrogen-bond donors (Lipinski definition) is 1. The molecule has 0 aliphatic heterocycles. The van der Waals surface area contributed by atoms with Crippen LogP contribution >= 0.6 is 0 Å². The summed E-state index contributed by atoms with van der Waals surface area (Å²) in [5.41, 5.74) is 0.